The highest BCUT2D eigenvalue weighted by Gasteiger charge is 2.31. The molecular weight excluding hydrogens is 300 g/mol. The zero-order valence-corrected chi connectivity index (χ0v) is 14.0. The number of carbonyl (C=O) groups excluding carboxylic acids is 1. The van der Waals surface area contributed by atoms with Gasteiger partial charge in [0.15, 0.2) is 0 Å². The first-order valence-corrected chi connectivity index (χ1v) is 8.93. The van der Waals surface area contributed by atoms with Crippen LogP contribution in [-0.2, 0) is 0 Å². The van der Waals surface area contributed by atoms with Gasteiger partial charge in [-0.1, -0.05) is 43.6 Å². The van der Waals surface area contributed by atoms with Crippen LogP contribution in [0.2, 0.25) is 0 Å². The predicted molar refractivity (Wildman–Crippen MR) is 94.0 cm³/mol. The fraction of sp³-hybridized carbons (Fsp3) is 0.500. The van der Waals surface area contributed by atoms with Crippen LogP contribution in [-0.4, -0.2) is 28.4 Å². The summed E-state index contributed by atoms with van der Waals surface area (Å²) in [6.07, 6.45) is 8.37. The molecule has 1 amide bonds. The Hall–Kier alpha value is -1.07. The summed E-state index contributed by atoms with van der Waals surface area (Å²) >= 11 is 6.80. The van der Waals surface area contributed by atoms with E-state index in [-0.39, 0.29) is 10.7 Å². The number of nitrogens with one attached hydrogen (secondary N) is 1. The molecule has 3 N–H and O–H groups in total. The van der Waals surface area contributed by atoms with Gasteiger partial charge in [-0.3, -0.25) is 4.79 Å². The van der Waals surface area contributed by atoms with Gasteiger partial charge in [-0.25, -0.2) is 0 Å². The Morgan fingerprint density at radius 1 is 1.24 bits per heavy atom. The van der Waals surface area contributed by atoms with Crippen LogP contribution >= 0.6 is 24.0 Å². The summed E-state index contributed by atoms with van der Waals surface area (Å²) in [7, 11) is 0. The highest BCUT2D eigenvalue weighted by Crippen LogP contribution is 2.37. The van der Waals surface area contributed by atoms with Gasteiger partial charge in [-0.2, -0.15) is 11.8 Å². The van der Waals surface area contributed by atoms with Crippen LogP contribution in [0.5, 0.6) is 0 Å². The molecule has 1 aromatic rings. The average molecular weight is 322 g/mol. The number of thiocarbonyl (C=S) groups is 1. The molecule has 0 aliphatic heterocycles. The molecule has 21 heavy (non-hydrogen) atoms. The molecule has 1 aliphatic rings. The van der Waals surface area contributed by atoms with Gasteiger partial charge >= 0.3 is 0 Å². The first kappa shape index (κ1) is 16.3. The van der Waals surface area contributed by atoms with Crippen molar-refractivity contribution in [1.29, 1.82) is 0 Å². The first-order valence-electron chi connectivity index (χ1n) is 7.29. The van der Waals surface area contributed by atoms with Crippen molar-refractivity contribution < 1.29 is 4.79 Å². The van der Waals surface area contributed by atoms with E-state index >= 15 is 0 Å². The van der Waals surface area contributed by atoms with E-state index in [1.54, 1.807) is 24.3 Å². The third kappa shape index (κ3) is 4.20. The molecule has 114 valence electrons. The standard InChI is InChI=1S/C16H22N2OS2/c1-21-16(9-3-2-4-10-16)11-18-15(19)13-7-5-12(6-8-13)14(17)20/h5-8H,2-4,9-11H2,1H3,(H2,17,20)(H,18,19). The maximum atomic E-state index is 12.2. The fourth-order valence-corrected chi connectivity index (χ4v) is 3.83. The van der Waals surface area contributed by atoms with Crippen molar-refractivity contribution in [2.24, 2.45) is 5.73 Å². The summed E-state index contributed by atoms with van der Waals surface area (Å²) in [6.45, 7) is 0.740. The summed E-state index contributed by atoms with van der Waals surface area (Å²) in [5, 5.41) is 3.09. The Morgan fingerprint density at radius 2 is 1.81 bits per heavy atom. The first-order chi connectivity index (χ1) is 10.1. The summed E-state index contributed by atoms with van der Waals surface area (Å²) in [5.41, 5.74) is 7.00. The van der Waals surface area contributed by atoms with Gasteiger partial charge in [0.2, 0.25) is 0 Å². The van der Waals surface area contributed by atoms with E-state index in [0.717, 1.165) is 12.1 Å². The lowest BCUT2D eigenvalue weighted by atomic mass is 9.88. The van der Waals surface area contributed by atoms with Gasteiger partial charge < -0.3 is 11.1 Å². The van der Waals surface area contributed by atoms with Crippen molar-refractivity contribution in [3.8, 4) is 0 Å². The molecule has 1 saturated carbocycles. The number of benzene rings is 1. The van der Waals surface area contributed by atoms with Crippen LogP contribution in [0.25, 0.3) is 0 Å². The summed E-state index contributed by atoms with van der Waals surface area (Å²) < 4.78 is 0.215. The number of amides is 1. The monoisotopic (exact) mass is 322 g/mol. The van der Waals surface area contributed by atoms with E-state index in [1.807, 2.05) is 11.8 Å². The van der Waals surface area contributed by atoms with Crippen molar-refractivity contribution in [3.63, 3.8) is 0 Å². The minimum Gasteiger partial charge on any atom is -0.389 e. The molecule has 0 spiro atoms. The molecule has 0 atom stereocenters. The SMILES string of the molecule is CSC1(CNC(=O)c2ccc(C(N)=S)cc2)CCCCC1. The van der Waals surface area contributed by atoms with E-state index in [2.05, 4.69) is 11.6 Å². The molecule has 0 heterocycles. The third-order valence-electron chi connectivity index (χ3n) is 4.20. The van der Waals surface area contributed by atoms with Crippen LogP contribution in [0.1, 0.15) is 48.0 Å². The van der Waals surface area contributed by atoms with E-state index in [0.29, 0.717) is 10.6 Å². The lowest BCUT2D eigenvalue weighted by Gasteiger charge is -2.35. The highest BCUT2D eigenvalue weighted by atomic mass is 32.2. The number of hydrogen-bond acceptors (Lipinski definition) is 3. The van der Waals surface area contributed by atoms with Crippen molar-refractivity contribution in [1.82, 2.24) is 5.32 Å². The second-order valence-corrected chi connectivity index (χ2v) is 7.29. The average Bonchev–Trinajstić information content (AvgIpc) is 2.53. The van der Waals surface area contributed by atoms with Crippen LogP contribution in [0.15, 0.2) is 24.3 Å². The molecule has 0 radical (unpaired) electrons. The number of rotatable bonds is 5. The number of thioether (sulfide) groups is 1. The minimum absolute atomic E-state index is 0.0245. The quantitative estimate of drug-likeness (QED) is 0.818. The van der Waals surface area contributed by atoms with Gasteiger partial charge in [0, 0.05) is 22.4 Å². The van der Waals surface area contributed by atoms with E-state index in [9.17, 15) is 4.79 Å². The molecule has 5 heteroatoms. The van der Waals surface area contributed by atoms with Crippen LogP contribution in [0.3, 0.4) is 0 Å². The molecule has 0 aromatic heterocycles. The maximum Gasteiger partial charge on any atom is 0.251 e. The molecule has 1 aliphatic carbocycles. The minimum atomic E-state index is -0.0245. The van der Waals surface area contributed by atoms with Gasteiger partial charge in [0.1, 0.15) is 4.99 Å². The smallest absolute Gasteiger partial charge is 0.251 e. The molecule has 0 unspecified atom stereocenters. The molecular formula is C16H22N2OS2. The number of hydrogen-bond donors (Lipinski definition) is 2. The van der Waals surface area contributed by atoms with E-state index in [4.69, 9.17) is 18.0 Å². The topological polar surface area (TPSA) is 55.1 Å². The van der Waals surface area contributed by atoms with Crippen LogP contribution < -0.4 is 11.1 Å². The Kier molecular flexibility index (Phi) is 5.65. The fourth-order valence-electron chi connectivity index (χ4n) is 2.78. The summed E-state index contributed by atoms with van der Waals surface area (Å²) in [4.78, 5) is 12.6. The Bertz CT molecular complexity index is 508. The normalized spacial score (nSPS) is 17.2. The second-order valence-electron chi connectivity index (χ2n) is 5.57. The van der Waals surface area contributed by atoms with Crippen molar-refractivity contribution >= 4 is 34.9 Å². The van der Waals surface area contributed by atoms with Crippen molar-refractivity contribution in [2.45, 2.75) is 36.9 Å². The Balaban J connectivity index is 1.96. The van der Waals surface area contributed by atoms with Crippen molar-refractivity contribution in [2.75, 3.05) is 12.8 Å². The second kappa shape index (κ2) is 7.27. The molecule has 0 saturated heterocycles. The molecule has 1 fully saturated rings. The largest absolute Gasteiger partial charge is 0.389 e. The van der Waals surface area contributed by atoms with Crippen LogP contribution in [0, 0.1) is 0 Å². The molecule has 1 aromatic carbocycles. The highest BCUT2D eigenvalue weighted by molar-refractivity contribution is 8.00. The maximum absolute atomic E-state index is 12.2. The Morgan fingerprint density at radius 3 is 2.33 bits per heavy atom. The van der Waals surface area contributed by atoms with Gasteiger partial charge in [0.05, 0.1) is 0 Å². The lowest BCUT2D eigenvalue weighted by molar-refractivity contribution is 0.0947. The molecule has 2 rings (SSSR count). The van der Waals surface area contributed by atoms with Gasteiger partial charge in [-0.15, -0.1) is 0 Å². The number of nitrogens with two attached hydrogens (primary N) is 1. The Labute approximate surface area is 136 Å². The van der Waals surface area contributed by atoms with Gasteiger partial charge in [0.25, 0.3) is 5.91 Å². The zero-order valence-electron chi connectivity index (χ0n) is 12.4. The number of carbonyl (C=O) groups is 1. The molecule has 3 nitrogen and oxygen atoms in total. The predicted octanol–water partition coefficient (Wildman–Crippen LogP) is 3.12. The zero-order chi connectivity index (χ0) is 15.3. The molecule has 0 bridgehead atoms. The van der Waals surface area contributed by atoms with Crippen molar-refractivity contribution in [3.05, 3.63) is 35.4 Å². The van der Waals surface area contributed by atoms with Crippen LogP contribution in [0.4, 0.5) is 0 Å². The van der Waals surface area contributed by atoms with Gasteiger partial charge in [-0.05, 0) is 31.2 Å². The van der Waals surface area contributed by atoms with E-state index in [1.165, 1.54) is 32.1 Å². The third-order valence-corrected chi connectivity index (χ3v) is 5.85. The summed E-state index contributed by atoms with van der Waals surface area (Å²) in [6, 6.07) is 7.14. The van der Waals surface area contributed by atoms with E-state index < -0.39 is 0 Å². The summed E-state index contributed by atoms with van der Waals surface area (Å²) in [5.74, 6) is -0.0245. The lowest BCUT2D eigenvalue weighted by Crippen LogP contribution is -2.41.